The highest BCUT2D eigenvalue weighted by atomic mass is 32.1. The summed E-state index contributed by atoms with van der Waals surface area (Å²) in [5.41, 5.74) is 6.00. The van der Waals surface area contributed by atoms with Gasteiger partial charge in [0.25, 0.3) is 5.91 Å². The number of rotatable bonds is 3. The number of aryl methyl sites for hydroxylation is 1. The monoisotopic (exact) mass is 266 g/mol. The number of amides is 1. The molecular weight excluding hydrogens is 253 g/mol. The molecule has 7 heteroatoms. The minimum atomic E-state index is -4.39. The summed E-state index contributed by atoms with van der Waals surface area (Å²) >= 11 is 1.11. The first-order valence-electron chi connectivity index (χ1n) is 4.96. The van der Waals surface area contributed by atoms with E-state index in [9.17, 15) is 18.0 Å². The van der Waals surface area contributed by atoms with Crippen molar-refractivity contribution in [1.29, 1.82) is 0 Å². The molecule has 1 aromatic heterocycles. The predicted octanol–water partition coefficient (Wildman–Crippen LogP) is 2.66. The number of carbonyl (C=O) groups excluding carboxylic acids is 1. The maximum Gasteiger partial charge on any atom is 0.406 e. The summed E-state index contributed by atoms with van der Waals surface area (Å²) in [5, 5.41) is 0. The zero-order chi connectivity index (χ0) is 13.2. The van der Waals surface area contributed by atoms with Crippen molar-refractivity contribution in [3.8, 4) is 0 Å². The van der Waals surface area contributed by atoms with Gasteiger partial charge in [0.05, 0.1) is 4.88 Å². The summed E-state index contributed by atoms with van der Waals surface area (Å²) in [4.78, 5) is 13.5. The van der Waals surface area contributed by atoms with Gasteiger partial charge in [0.1, 0.15) is 6.54 Å². The van der Waals surface area contributed by atoms with Gasteiger partial charge in [0, 0.05) is 17.1 Å². The highest BCUT2D eigenvalue weighted by molar-refractivity contribution is 7.14. The maximum atomic E-state index is 12.2. The van der Waals surface area contributed by atoms with Crippen LogP contribution in [-0.4, -0.2) is 30.1 Å². The van der Waals surface area contributed by atoms with Gasteiger partial charge in [-0.05, 0) is 19.9 Å². The van der Waals surface area contributed by atoms with E-state index in [1.165, 1.54) is 13.0 Å². The molecule has 1 rings (SSSR count). The molecule has 0 atom stereocenters. The summed E-state index contributed by atoms with van der Waals surface area (Å²) in [6, 6.07) is 1.42. The molecule has 0 saturated carbocycles. The van der Waals surface area contributed by atoms with Crippen molar-refractivity contribution < 1.29 is 18.0 Å². The third kappa shape index (κ3) is 3.62. The number of alkyl halides is 3. The molecule has 1 amide bonds. The van der Waals surface area contributed by atoms with Crippen molar-refractivity contribution in [1.82, 2.24) is 4.90 Å². The fourth-order valence-electron chi connectivity index (χ4n) is 1.30. The maximum absolute atomic E-state index is 12.2. The van der Waals surface area contributed by atoms with Gasteiger partial charge in [-0.2, -0.15) is 13.2 Å². The Morgan fingerprint density at radius 1 is 1.53 bits per heavy atom. The molecule has 1 aromatic rings. The number of nitrogens with two attached hydrogens (primary N) is 1. The van der Waals surface area contributed by atoms with Crippen LogP contribution in [0.1, 0.15) is 21.5 Å². The largest absolute Gasteiger partial charge is 0.406 e. The van der Waals surface area contributed by atoms with Crippen LogP contribution in [0.15, 0.2) is 6.07 Å². The van der Waals surface area contributed by atoms with Crippen LogP contribution in [0.3, 0.4) is 0 Å². The number of anilines is 1. The first-order valence-corrected chi connectivity index (χ1v) is 5.78. The molecular formula is C10H13F3N2OS. The SMILES string of the molecule is CCN(CC(F)(F)F)C(=O)c1cc(N)c(C)s1. The number of nitrogen functional groups attached to an aromatic ring is 1. The molecule has 17 heavy (non-hydrogen) atoms. The molecule has 0 unspecified atom stereocenters. The first kappa shape index (κ1) is 13.8. The molecule has 0 spiro atoms. The van der Waals surface area contributed by atoms with Crippen molar-refractivity contribution in [3.05, 3.63) is 15.8 Å². The number of thiophene rings is 1. The Bertz CT molecular complexity index is 395. The van der Waals surface area contributed by atoms with Crippen LogP contribution < -0.4 is 5.73 Å². The van der Waals surface area contributed by atoms with E-state index >= 15 is 0 Å². The normalized spacial score (nSPS) is 11.6. The summed E-state index contributed by atoms with van der Waals surface area (Å²) in [6.45, 7) is 2.00. The van der Waals surface area contributed by atoms with Crippen LogP contribution in [0.4, 0.5) is 18.9 Å². The number of carbonyl (C=O) groups is 1. The van der Waals surface area contributed by atoms with Crippen LogP contribution >= 0.6 is 11.3 Å². The number of hydrogen-bond acceptors (Lipinski definition) is 3. The van der Waals surface area contributed by atoms with E-state index in [-0.39, 0.29) is 11.4 Å². The highest BCUT2D eigenvalue weighted by Gasteiger charge is 2.33. The fraction of sp³-hybridized carbons (Fsp3) is 0.500. The number of hydrogen-bond donors (Lipinski definition) is 1. The van der Waals surface area contributed by atoms with Crippen molar-refractivity contribution in [2.24, 2.45) is 0 Å². The fourth-order valence-corrected chi connectivity index (χ4v) is 2.21. The molecule has 0 radical (unpaired) electrons. The summed E-state index contributed by atoms with van der Waals surface area (Å²) in [6.07, 6.45) is -4.39. The summed E-state index contributed by atoms with van der Waals surface area (Å²) in [5.74, 6) is -0.630. The van der Waals surface area contributed by atoms with Gasteiger partial charge >= 0.3 is 6.18 Å². The van der Waals surface area contributed by atoms with Gasteiger partial charge in [0.15, 0.2) is 0 Å². The van der Waals surface area contributed by atoms with E-state index in [0.29, 0.717) is 5.69 Å². The molecule has 0 aromatic carbocycles. The van der Waals surface area contributed by atoms with E-state index in [2.05, 4.69) is 0 Å². The average Bonchev–Trinajstić information content (AvgIpc) is 2.53. The Labute approximate surface area is 101 Å². The molecule has 0 aliphatic heterocycles. The van der Waals surface area contributed by atoms with E-state index in [4.69, 9.17) is 5.73 Å². The Morgan fingerprint density at radius 2 is 2.12 bits per heavy atom. The van der Waals surface area contributed by atoms with Crippen molar-refractivity contribution in [2.45, 2.75) is 20.0 Å². The van der Waals surface area contributed by atoms with Crippen molar-refractivity contribution in [3.63, 3.8) is 0 Å². The Morgan fingerprint density at radius 3 is 2.47 bits per heavy atom. The van der Waals surface area contributed by atoms with E-state index < -0.39 is 18.6 Å². The van der Waals surface area contributed by atoms with Crippen molar-refractivity contribution in [2.75, 3.05) is 18.8 Å². The zero-order valence-electron chi connectivity index (χ0n) is 9.47. The number of nitrogens with zero attached hydrogens (tertiary/aromatic N) is 1. The summed E-state index contributed by atoms with van der Waals surface area (Å²) in [7, 11) is 0. The molecule has 0 aliphatic carbocycles. The quantitative estimate of drug-likeness (QED) is 0.914. The lowest BCUT2D eigenvalue weighted by Crippen LogP contribution is -2.38. The second kappa shape index (κ2) is 4.95. The lowest BCUT2D eigenvalue weighted by Gasteiger charge is -2.21. The van der Waals surface area contributed by atoms with Crippen LogP contribution in [0, 0.1) is 6.92 Å². The second-order valence-corrected chi connectivity index (χ2v) is 4.81. The highest BCUT2D eigenvalue weighted by Crippen LogP contribution is 2.26. The van der Waals surface area contributed by atoms with Crippen LogP contribution in [0.25, 0.3) is 0 Å². The second-order valence-electron chi connectivity index (χ2n) is 3.56. The van der Waals surface area contributed by atoms with Crippen molar-refractivity contribution >= 4 is 22.9 Å². The van der Waals surface area contributed by atoms with Gasteiger partial charge < -0.3 is 10.6 Å². The molecule has 3 nitrogen and oxygen atoms in total. The molecule has 96 valence electrons. The standard InChI is InChI=1S/C10H13F3N2OS/c1-3-15(5-10(11,12)13)9(16)8-4-7(14)6(2)17-8/h4H,3,5,14H2,1-2H3. The zero-order valence-corrected chi connectivity index (χ0v) is 10.3. The molecule has 0 bridgehead atoms. The van der Waals surface area contributed by atoms with Crippen LogP contribution in [0.2, 0.25) is 0 Å². The molecule has 1 heterocycles. The molecule has 0 fully saturated rings. The molecule has 2 N–H and O–H groups in total. The topological polar surface area (TPSA) is 46.3 Å². The number of halogens is 3. The minimum Gasteiger partial charge on any atom is -0.398 e. The van der Waals surface area contributed by atoms with Gasteiger partial charge in [-0.25, -0.2) is 0 Å². The Kier molecular flexibility index (Phi) is 4.03. The van der Waals surface area contributed by atoms with E-state index in [0.717, 1.165) is 21.1 Å². The lowest BCUT2D eigenvalue weighted by molar-refractivity contribution is -0.140. The minimum absolute atomic E-state index is 0.00912. The Balaban J connectivity index is 2.86. The lowest BCUT2D eigenvalue weighted by atomic mass is 10.3. The molecule has 0 aliphatic rings. The van der Waals surface area contributed by atoms with Gasteiger partial charge in [-0.15, -0.1) is 11.3 Å². The van der Waals surface area contributed by atoms with Crippen LogP contribution in [0.5, 0.6) is 0 Å². The third-order valence-electron chi connectivity index (χ3n) is 2.21. The molecule has 0 saturated heterocycles. The smallest absolute Gasteiger partial charge is 0.398 e. The van der Waals surface area contributed by atoms with E-state index in [1.54, 1.807) is 6.92 Å². The van der Waals surface area contributed by atoms with Crippen LogP contribution in [-0.2, 0) is 0 Å². The average molecular weight is 266 g/mol. The third-order valence-corrected chi connectivity index (χ3v) is 3.26. The Hall–Kier alpha value is -1.24. The van der Waals surface area contributed by atoms with Gasteiger partial charge in [-0.3, -0.25) is 4.79 Å². The summed E-state index contributed by atoms with van der Waals surface area (Å²) < 4.78 is 36.7. The predicted molar refractivity (Wildman–Crippen MR) is 61.1 cm³/mol. The van der Waals surface area contributed by atoms with Gasteiger partial charge in [0.2, 0.25) is 0 Å². The van der Waals surface area contributed by atoms with E-state index in [1.807, 2.05) is 0 Å². The first-order chi connectivity index (χ1) is 7.74. The van der Waals surface area contributed by atoms with Gasteiger partial charge in [-0.1, -0.05) is 0 Å².